The lowest BCUT2D eigenvalue weighted by Crippen LogP contribution is -2.15. The van der Waals surface area contributed by atoms with Crippen LogP contribution in [0.3, 0.4) is 0 Å². The SMILES string of the molecule is O=C(CSc1nnc(-c2ccccc2)n1Cc1ccco1)Nc1ccc2c(c1)CCC2. The molecule has 0 aliphatic heterocycles. The van der Waals surface area contributed by atoms with Crippen molar-refractivity contribution in [2.75, 3.05) is 11.1 Å². The van der Waals surface area contributed by atoms with E-state index in [-0.39, 0.29) is 11.7 Å². The molecular formula is C24H22N4O2S. The van der Waals surface area contributed by atoms with Crippen LogP contribution in [0.1, 0.15) is 23.3 Å². The molecule has 0 bridgehead atoms. The quantitative estimate of drug-likeness (QED) is 0.426. The molecule has 0 saturated heterocycles. The second kappa shape index (κ2) is 8.81. The molecule has 5 rings (SSSR count). The number of aryl methyl sites for hydroxylation is 2. The maximum Gasteiger partial charge on any atom is 0.234 e. The number of nitrogens with zero attached hydrogens (tertiary/aromatic N) is 3. The van der Waals surface area contributed by atoms with Crippen LogP contribution < -0.4 is 5.32 Å². The molecule has 2 aromatic heterocycles. The normalized spacial score (nSPS) is 12.6. The maximum atomic E-state index is 12.6. The van der Waals surface area contributed by atoms with Crippen molar-refractivity contribution in [1.29, 1.82) is 0 Å². The summed E-state index contributed by atoms with van der Waals surface area (Å²) >= 11 is 1.37. The number of nitrogens with one attached hydrogen (secondary N) is 1. The average Bonchev–Trinajstić information content (AvgIpc) is 3.54. The van der Waals surface area contributed by atoms with E-state index in [9.17, 15) is 4.79 Å². The summed E-state index contributed by atoms with van der Waals surface area (Å²) in [5.74, 6) is 1.75. The monoisotopic (exact) mass is 430 g/mol. The van der Waals surface area contributed by atoms with Gasteiger partial charge in [0.1, 0.15) is 5.76 Å². The number of hydrogen-bond acceptors (Lipinski definition) is 5. The molecule has 31 heavy (non-hydrogen) atoms. The van der Waals surface area contributed by atoms with Crippen molar-refractivity contribution < 1.29 is 9.21 Å². The zero-order valence-corrected chi connectivity index (χ0v) is 17.8. The van der Waals surface area contributed by atoms with Crippen LogP contribution in [0, 0.1) is 0 Å². The number of hydrogen-bond donors (Lipinski definition) is 1. The fourth-order valence-corrected chi connectivity index (χ4v) is 4.61. The Kier molecular flexibility index (Phi) is 5.58. The number of carbonyl (C=O) groups is 1. The molecule has 1 aliphatic rings. The van der Waals surface area contributed by atoms with Gasteiger partial charge in [-0.15, -0.1) is 10.2 Å². The van der Waals surface area contributed by atoms with Crippen LogP contribution in [0.15, 0.2) is 76.5 Å². The van der Waals surface area contributed by atoms with Crippen molar-refractivity contribution in [2.45, 2.75) is 31.0 Å². The fraction of sp³-hybridized carbons (Fsp3) is 0.208. The number of furan rings is 1. The maximum absolute atomic E-state index is 12.6. The molecule has 1 aliphatic carbocycles. The largest absolute Gasteiger partial charge is 0.467 e. The van der Waals surface area contributed by atoms with Crippen molar-refractivity contribution in [1.82, 2.24) is 14.8 Å². The second-order valence-electron chi connectivity index (χ2n) is 7.51. The van der Waals surface area contributed by atoms with E-state index in [1.807, 2.05) is 53.1 Å². The van der Waals surface area contributed by atoms with Crippen molar-refractivity contribution in [3.05, 3.63) is 83.8 Å². The molecule has 6 nitrogen and oxygen atoms in total. The first-order valence-corrected chi connectivity index (χ1v) is 11.3. The summed E-state index contributed by atoms with van der Waals surface area (Å²) < 4.78 is 7.52. The number of rotatable bonds is 7. The van der Waals surface area contributed by atoms with Crippen molar-refractivity contribution in [3.8, 4) is 11.4 Å². The van der Waals surface area contributed by atoms with Gasteiger partial charge < -0.3 is 9.73 Å². The molecule has 1 amide bonds. The highest BCUT2D eigenvalue weighted by atomic mass is 32.2. The van der Waals surface area contributed by atoms with E-state index in [1.165, 1.54) is 29.3 Å². The third-order valence-electron chi connectivity index (χ3n) is 5.36. The van der Waals surface area contributed by atoms with Gasteiger partial charge in [-0.05, 0) is 54.7 Å². The molecular weight excluding hydrogens is 408 g/mol. The van der Waals surface area contributed by atoms with Crippen LogP contribution in [-0.2, 0) is 24.2 Å². The van der Waals surface area contributed by atoms with Gasteiger partial charge in [0.05, 0.1) is 18.6 Å². The highest BCUT2D eigenvalue weighted by Crippen LogP contribution is 2.27. The number of carbonyl (C=O) groups excluding carboxylic acids is 1. The fourth-order valence-electron chi connectivity index (χ4n) is 3.87. The lowest BCUT2D eigenvalue weighted by molar-refractivity contribution is -0.113. The summed E-state index contributed by atoms with van der Waals surface area (Å²) in [6.07, 6.45) is 5.07. The molecule has 7 heteroatoms. The van der Waals surface area contributed by atoms with Crippen molar-refractivity contribution in [3.63, 3.8) is 0 Å². The van der Waals surface area contributed by atoms with Crippen molar-refractivity contribution >= 4 is 23.4 Å². The Balaban J connectivity index is 1.31. The van der Waals surface area contributed by atoms with E-state index < -0.39 is 0 Å². The first-order chi connectivity index (χ1) is 15.3. The standard InChI is InChI=1S/C24H22N4O2S/c29-22(25-20-12-11-17-8-4-9-19(17)14-20)16-31-24-27-26-23(18-6-2-1-3-7-18)28(24)15-21-10-5-13-30-21/h1-3,5-7,10-14H,4,8-9,15-16H2,(H,25,29). The summed E-state index contributed by atoms with van der Waals surface area (Å²) in [5.41, 5.74) is 4.56. The first kappa shape index (κ1) is 19.6. The van der Waals surface area contributed by atoms with Gasteiger partial charge >= 0.3 is 0 Å². The van der Waals surface area contributed by atoms with E-state index in [0.29, 0.717) is 11.7 Å². The van der Waals surface area contributed by atoms with Crippen molar-refractivity contribution in [2.24, 2.45) is 0 Å². The first-order valence-electron chi connectivity index (χ1n) is 10.3. The minimum atomic E-state index is -0.0586. The van der Waals surface area contributed by atoms with Gasteiger partial charge in [-0.25, -0.2) is 0 Å². The van der Waals surface area contributed by atoms with Gasteiger partial charge in [-0.3, -0.25) is 9.36 Å². The molecule has 0 atom stereocenters. The molecule has 2 aromatic carbocycles. The molecule has 4 aromatic rings. The minimum Gasteiger partial charge on any atom is -0.467 e. The number of thioether (sulfide) groups is 1. The predicted molar refractivity (Wildman–Crippen MR) is 121 cm³/mol. The minimum absolute atomic E-state index is 0.0586. The van der Waals surface area contributed by atoms with Crippen LogP contribution in [0.4, 0.5) is 5.69 Å². The van der Waals surface area contributed by atoms with E-state index in [4.69, 9.17) is 4.42 Å². The van der Waals surface area contributed by atoms with Gasteiger partial charge in [0.15, 0.2) is 11.0 Å². The Hall–Kier alpha value is -3.32. The van der Waals surface area contributed by atoms with Gasteiger partial charge in [0, 0.05) is 11.3 Å². The van der Waals surface area contributed by atoms with Gasteiger partial charge in [-0.1, -0.05) is 48.2 Å². The Bertz CT molecular complexity index is 1190. The average molecular weight is 431 g/mol. The van der Waals surface area contributed by atoms with E-state index in [1.54, 1.807) is 6.26 Å². The van der Waals surface area contributed by atoms with Crippen LogP contribution in [0.2, 0.25) is 0 Å². The third-order valence-corrected chi connectivity index (χ3v) is 6.32. The Morgan fingerprint density at radius 2 is 1.90 bits per heavy atom. The predicted octanol–water partition coefficient (Wildman–Crippen LogP) is 4.81. The lowest BCUT2D eigenvalue weighted by Gasteiger charge is -2.10. The number of benzene rings is 2. The molecule has 1 N–H and O–H groups in total. The van der Waals surface area contributed by atoms with Gasteiger partial charge in [-0.2, -0.15) is 0 Å². The van der Waals surface area contributed by atoms with E-state index >= 15 is 0 Å². The number of anilines is 1. The highest BCUT2D eigenvalue weighted by Gasteiger charge is 2.17. The molecule has 0 spiro atoms. The van der Waals surface area contributed by atoms with Crippen LogP contribution in [0.25, 0.3) is 11.4 Å². The molecule has 156 valence electrons. The summed E-state index contributed by atoms with van der Waals surface area (Å²) in [6, 6.07) is 19.9. The Morgan fingerprint density at radius 3 is 2.74 bits per heavy atom. The lowest BCUT2D eigenvalue weighted by atomic mass is 10.1. The van der Waals surface area contributed by atoms with E-state index in [2.05, 4.69) is 27.6 Å². The summed E-state index contributed by atoms with van der Waals surface area (Å²) in [7, 11) is 0. The van der Waals surface area contributed by atoms with Gasteiger partial charge in [0.25, 0.3) is 0 Å². The Labute approximate surface area is 184 Å². The topological polar surface area (TPSA) is 73.0 Å². The van der Waals surface area contributed by atoms with Crippen LogP contribution in [-0.4, -0.2) is 26.4 Å². The summed E-state index contributed by atoms with van der Waals surface area (Å²) in [5, 5.41) is 12.4. The molecule has 2 heterocycles. The summed E-state index contributed by atoms with van der Waals surface area (Å²) in [4.78, 5) is 12.6. The Morgan fingerprint density at radius 1 is 1.03 bits per heavy atom. The number of amides is 1. The van der Waals surface area contributed by atoms with Crippen LogP contribution in [0.5, 0.6) is 0 Å². The highest BCUT2D eigenvalue weighted by molar-refractivity contribution is 7.99. The van der Waals surface area contributed by atoms with Gasteiger partial charge in [0.2, 0.25) is 5.91 Å². The molecule has 0 saturated carbocycles. The van der Waals surface area contributed by atoms with E-state index in [0.717, 1.165) is 35.7 Å². The third kappa shape index (κ3) is 4.41. The molecule has 0 unspecified atom stereocenters. The number of fused-ring (bicyclic) bond motifs is 1. The molecule has 0 radical (unpaired) electrons. The zero-order chi connectivity index (χ0) is 21.0. The number of aromatic nitrogens is 3. The second-order valence-corrected chi connectivity index (χ2v) is 8.45. The summed E-state index contributed by atoms with van der Waals surface area (Å²) in [6.45, 7) is 0.499. The van der Waals surface area contributed by atoms with Crippen LogP contribution >= 0.6 is 11.8 Å². The molecule has 0 fully saturated rings. The zero-order valence-electron chi connectivity index (χ0n) is 17.0. The smallest absolute Gasteiger partial charge is 0.234 e.